The van der Waals surface area contributed by atoms with Crippen LogP contribution in [-0.4, -0.2) is 33.4 Å². The molecule has 0 aliphatic carbocycles. The molecule has 0 spiro atoms. The van der Waals surface area contributed by atoms with Crippen LogP contribution in [0, 0.1) is 5.41 Å². The van der Waals surface area contributed by atoms with Gasteiger partial charge in [0.25, 0.3) is 0 Å². The first-order chi connectivity index (χ1) is 10.0. The van der Waals surface area contributed by atoms with Gasteiger partial charge in [-0.2, -0.15) is 0 Å². The SMILES string of the molecule is COCCNCc1ccc(N2CCC(C)(C)CC2)cc1Br. The molecule has 2 rings (SSSR count). The Kier molecular flexibility index (Phi) is 6.08. The molecule has 0 atom stereocenters. The van der Waals surface area contributed by atoms with Gasteiger partial charge in [0.2, 0.25) is 0 Å². The Morgan fingerprint density at radius 2 is 2.00 bits per heavy atom. The number of hydrogen-bond donors (Lipinski definition) is 1. The Balaban J connectivity index is 1.92. The molecule has 1 aliphatic rings. The second kappa shape index (κ2) is 7.61. The van der Waals surface area contributed by atoms with Crippen molar-refractivity contribution < 1.29 is 4.74 Å². The van der Waals surface area contributed by atoms with E-state index in [1.165, 1.54) is 28.6 Å². The maximum absolute atomic E-state index is 5.04. The normalized spacial score (nSPS) is 18.0. The number of rotatable bonds is 6. The number of ether oxygens (including phenoxy) is 1. The predicted molar refractivity (Wildman–Crippen MR) is 93.0 cm³/mol. The van der Waals surface area contributed by atoms with E-state index in [0.717, 1.165) is 32.8 Å². The van der Waals surface area contributed by atoms with E-state index in [0.29, 0.717) is 5.41 Å². The summed E-state index contributed by atoms with van der Waals surface area (Å²) in [5.41, 5.74) is 3.13. The van der Waals surface area contributed by atoms with Gasteiger partial charge in [0.05, 0.1) is 6.61 Å². The lowest BCUT2D eigenvalue weighted by Crippen LogP contribution is -2.37. The van der Waals surface area contributed by atoms with Crippen LogP contribution >= 0.6 is 15.9 Å². The second-order valence-corrected chi connectivity index (χ2v) is 7.45. The van der Waals surface area contributed by atoms with Crippen LogP contribution in [0.5, 0.6) is 0 Å². The largest absolute Gasteiger partial charge is 0.383 e. The third kappa shape index (κ3) is 4.97. The molecular weight excluding hydrogens is 328 g/mol. The molecule has 118 valence electrons. The maximum atomic E-state index is 5.04. The number of methoxy groups -OCH3 is 1. The molecule has 1 fully saturated rings. The third-order valence-corrected chi connectivity index (χ3v) is 5.06. The van der Waals surface area contributed by atoms with Crippen LogP contribution in [0.1, 0.15) is 32.3 Å². The summed E-state index contributed by atoms with van der Waals surface area (Å²) in [7, 11) is 1.73. The van der Waals surface area contributed by atoms with Crippen LogP contribution in [0.15, 0.2) is 22.7 Å². The van der Waals surface area contributed by atoms with E-state index in [2.05, 4.69) is 58.2 Å². The molecule has 0 saturated carbocycles. The molecule has 1 heterocycles. The summed E-state index contributed by atoms with van der Waals surface area (Å²) in [6.07, 6.45) is 2.54. The van der Waals surface area contributed by atoms with E-state index in [1.54, 1.807) is 7.11 Å². The van der Waals surface area contributed by atoms with Gasteiger partial charge < -0.3 is 15.0 Å². The molecule has 0 unspecified atom stereocenters. The van der Waals surface area contributed by atoms with Crippen molar-refractivity contribution in [2.24, 2.45) is 5.41 Å². The summed E-state index contributed by atoms with van der Waals surface area (Å²) in [6.45, 7) is 9.56. The average molecular weight is 355 g/mol. The van der Waals surface area contributed by atoms with Crippen molar-refractivity contribution in [1.82, 2.24) is 5.32 Å². The number of nitrogens with zero attached hydrogens (tertiary/aromatic N) is 1. The van der Waals surface area contributed by atoms with Crippen LogP contribution < -0.4 is 10.2 Å². The molecule has 1 saturated heterocycles. The molecule has 3 nitrogen and oxygen atoms in total. The van der Waals surface area contributed by atoms with Gasteiger partial charge in [0.15, 0.2) is 0 Å². The van der Waals surface area contributed by atoms with Crippen LogP contribution in [0.25, 0.3) is 0 Å². The molecule has 1 aromatic rings. The van der Waals surface area contributed by atoms with E-state index in [-0.39, 0.29) is 0 Å². The first-order valence-electron chi connectivity index (χ1n) is 7.75. The predicted octanol–water partition coefficient (Wildman–Crippen LogP) is 3.81. The van der Waals surface area contributed by atoms with E-state index in [1.807, 2.05) is 0 Å². The quantitative estimate of drug-likeness (QED) is 0.786. The van der Waals surface area contributed by atoms with Gasteiger partial charge in [-0.25, -0.2) is 0 Å². The standard InChI is InChI=1S/C17H27BrN2O/c1-17(2)6-9-20(10-7-17)15-5-4-14(16(18)12-15)13-19-8-11-21-3/h4-5,12,19H,6-11,13H2,1-3H3. The topological polar surface area (TPSA) is 24.5 Å². The number of piperidine rings is 1. The summed E-state index contributed by atoms with van der Waals surface area (Å²) >= 11 is 3.71. The minimum atomic E-state index is 0.499. The first kappa shape index (κ1) is 16.8. The van der Waals surface area contributed by atoms with Gasteiger partial charge in [-0.15, -0.1) is 0 Å². The lowest BCUT2D eigenvalue weighted by molar-refractivity contribution is 0.199. The van der Waals surface area contributed by atoms with Gasteiger partial charge in [-0.1, -0.05) is 35.8 Å². The summed E-state index contributed by atoms with van der Waals surface area (Å²) in [5.74, 6) is 0. The Labute approximate surface area is 137 Å². The second-order valence-electron chi connectivity index (χ2n) is 6.60. The minimum absolute atomic E-state index is 0.499. The molecule has 21 heavy (non-hydrogen) atoms. The van der Waals surface area contributed by atoms with Crippen LogP contribution in [0.3, 0.4) is 0 Å². The zero-order valence-electron chi connectivity index (χ0n) is 13.4. The molecule has 0 amide bonds. The summed E-state index contributed by atoms with van der Waals surface area (Å²) in [6, 6.07) is 6.72. The molecule has 0 radical (unpaired) electrons. The summed E-state index contributed by atoms with van der Waals surface area (Å²) in [5, 5.41) is 3.38. The van der Waals surface area contributed by atoms with Crippen LogP contribution in [0.4, 0.5) is 5.69 Å². The van der Waals surface area contributed by atoms with E-state index < -0.39 is 0 Å². The smallest absolute Gasteiger partial charge is 0.0587 e. The Hall–Kier alpha value is -0.580. The number of nitrogens with one attached hydrogen (secondary N) is 1. The molecule has 4 heteroatoms. The van der Waals surface area contributed by atoms with Crippen molar-refractivity contribution in [2.75, 3.05) is 38.3 Å². The van der Waals surface area contributed by atoms with Crippen molar-refractivity contribution in [3.63, 3.8) is 0 Å². The van der Waals surface area contributed by atoms with Crippen LogP contribution in [0.2, 0.25) is 0 Å². The van der Waals surface area contributed by atoms with Gasteiger partial charge in [-0.05, 0) is 36.0 Å². The molecule has 1 aliphatic heterocycles. The van der Waals surface area contributed by atoms with E-state index in [4.69, 9.17) is 4.74 Å². The highest BCUT2D eigenvalue weighted by Crippen LogP contribution is 2.33. The van der Waals surface area contributed by atoms with Gasteiger partial charge in [0.1, 0.15) is 0 Å². The van der Waals surface area contributed by atoms with Gasteiger partial charge in [-0.3, -0.25) is 0 Å². The zero-order valence-corrected chi connectivity index (χ0v) is 15.0. The fourth-order valence-corrected chi connectivity index (χ4v) is 3.15. The van der Waals surface area contributed by atoms with E-state index in [9.17, 15) is 0 Å². The van der Waals surface area contributed by atoms with Gasteiger partial charge in [0, 0.05) is 43.4 Å². The Morgan fingerprint density at radius 1 is 1.29 bits per heavy atom. The monoisotopic (exact) mass is 354 g/mol. The highest BCUT2D eigenvalue weighted by Gasteiger charge is 2.25. The third-order valence-electron chi connectivity index (χ3n) is 4.32. The number of hydrogen-bond acceptors (Lipinski definition) is 3. The number of anilines is 1. The van der Waals surface area contributed by atoms with Crippen molar-refractivity contribution >= 4 is 21.6 Å². The minimum Gasteiger partial charge on any atom is -0.383 e. The molecular formula is C17H27BrN2O. The molecule has 0 aromatic heterocycles. The van der Waals surface area contributed by atoms with E-state index >= 15 is 0 Å². The highest BCUT2D eigenvalue weighted by molar-refractivity contribution is 9.10. The Bertz CT molecular complexity index is 452. The van der Waals surface area contributed by atoms with Gasteiger partial charge >= 0.3 is 0 Å². The number of halogens is 1. The van der Waals surface area contributed by atoms with Crippen LogP contribution in [-0.2, 0) is 11.3 Å². The lowest BCUT2D eigenvalue weighted by Gasteiger charge is -2.38. The summed E-state index contributed by atoms with van der Waals surface area (Å²) < 4.78 is 6.23. The zero-order chi connectivity index (χ0) is 15.3. The fourth-order valence-electron chi connectivity index (χ4n) is 2.64. The maximum Gasteiger partial charge on any atom is 0.0587 e. The van der Waals surface area contributed by atoms with Crippen molar-refractivity contribution in [1.29, 1.82) is 0 Å². The summed E-state index contributed by atoms with van der Waals surface area (Å²) in [4.78, 5) is 2.50. The molecule has 0 bridgehead atoms. The lowest BCUT2D eigenvalue weighted by atomic mass is 9.82. The van der Waals surface area contributed by atoms with Crippen molar-refractivity contribution in [3.05, 3.63) is 28.2 Å². The molecule has 1 aromatic carbocycles. The number of benzene rings is 1. The van der Waals surface area contributed by atoms with Crippen molar-refractivity contribution in [3.8, 4) is 0 Å². The molecule has 1 N–H and O–H groups in total. The average Bonchev–Trinajstić information content (AvgIpc) is 2.45. The highest BCUT2D eigenvalue weighted by atomic mass is 79.9. The first-order valence-corrected chi connectivity index (χ1v) is 8.54. The Morgan fingerprint density at radius 3 is 2.62 bits per heavy atom. The fraction of sp³-hybridized carbons (Fsp3) is 0.647. The van der Waals surface area contributed by atoms with Crippen molar-refractivity contribution in [2.45, 2.75) is 33.2 Å².